The summed E-state index contributed by atoms with van der Waals surface area (Å²) in [6, 6.07) is 7.02. The molecule has 128 valence electrons. The highest BCUT2D eigenvalue weighted by atomic mass is 16.5. The van der Waals surface area contributed by atoms with Crippen molar-refractivity contribution < 1.29 is 14.3 Å². The topological polar surface area (TPSA) is 99.2 Å². The van der Waals surface area contributed by atoms with E-state index in [0.717, 1.165) is 5.69 Å². The van der Waals surface area contributed by atoms with E-state index in [-0.39, 0.29) is 18.4 Å². The van der Waals surface area contributed by atoms with E-state index < -0.39 is 5.97 Å². The lowest BCUT2D eigenvalue weighted by molar-refractivity contribution is -0.116. The minimum Gasteiger partial charge on any atom is -0.462 e. The summed E-state index contributed by atoms with van der Waals surface area (Å²) in [5.74, 6) is -0.547. The highest BCUT2D eigenvalue weighted by Gasteiger charge is 2.16. The van der Waals surface area contributed by atoms with Crippen molar-refractivity contribution >= 4 is 17.6 Å². The molecule has 0 aliphatic carbocycles. The Morgan fingerprint density at radius 1 is 1.42 bits per heavy atom. The van der Waals surface area contributed by atoms with Crippen LogP contribution in [0.15, 0.2) is 30.5 Å². The van der Waals surface area contributed by atoms with Crippen LogP contribution >= 0.6 is 0 Å². The van der Waals surface area contributed by atoms with Crippen LogP contribution in [0.25, 0.3) is 5.69 Å². The number of nitrogens with two attached hydrogens (primary N) is 1. The van der Waals surface area contributed by atoms with Gasteiger partial charge in [-0.3, -0.25) is 4.79 Å². The molecule has 2 aromatic rings. The number of esters is 1. The van der Waals surface area contributed by atoms with Gasteiger partial charge in [0.15, 0.2) is 0 Å². The van der Waals surface area contributed by atoms with Crippen molar-refractivity contribution in [3.05, 3.63) is 41.7 Å². The van der Waals surface area contributed by atoms with Crippen LogP contribution < -0.4 is 11.1 Å². The zero-order chi connectivity index (χ0) is 17.7. The molecule has 0 saturated heterocycles. The molecule has 7 nitrogen and oxygen atoms in total. The summed E-state index contributed by atoms with van der Waals surface area (Å²) >= 11 is 0. The fraction of sp³-hybridized carbons (Fsp3) is 0.353. The molecule has 24 heavy (non-hydrogen) atoms. The molecule has 3 N–H and O–H groups in total. The predicted molar refractivity (Wildman–Crippen MR) is 91.2 cm³/mol. The van der Waals surface area contributed by atoms with Gasteiger partial charge in [0, 0.05) is 18.2 Å². The van der Waals surface area contributed by atoms with Crippen molar-refractivity contribution in [2.24, 2.45) is 5.73 Å². The van der Waals surface area contributed by atoms with E-state index in [2.05, 4.69) is 10.4 Å². The molecule has 1 aromatic heterocycles. The Hall–Kier alpha value is -2.67. The third kappa shape index (κ3) is 4.20. The zero-order valence-electron chi connectivity index (χ0n) is 14.1. The molecular formula is C17H22N4O3. The van der Waals surface area contributed by atoms with Gasteiger partial charge in [0.2, 0.25) is 5.91 Å². The average Bonchev–Trinajstić information content (AvgIpc) is 2.88. The van der Waals surface area contributed by atoms with Crippen molar-refractivity contribution in [3.63, 3.8) is 0 Å². The van der Waals surface area contributed by atoms with Gasteiger partial charge in [-0.05, 0) is 39.0 Å². The Kier molecular flexibility index (Phi) is 5.70. The van der Waals surface area contributed by atoms with Gasteiger partial charge >= 0.3 is 5.97 Å². The fourth-order valence-corrected chi connectivity index (χ4v) is 2.30. The van der Waals surface area contributed by atoms with Crippen LogP contribution in [0.5, 0.6) is 0 Å². The fourth-order valence-electron chi connectivity index (χ4n) is 2.30. The lowest BCUT2D eigenvalue weighted by Crippen LogP contribution is -2.24. The molecule has 0 bridgehead atoms. The first-order valence-electron chi connectivity index (χ1n) is 7.80. The third-order valence-corrected chi connectivity index (χ3v) is 3.39. The summed E-state index contributed by atoms with van der Waals surface area (Å²) < 4.78 is 6.64. The molecule has 0 saturated carbocycles. The second-order valence-corrected chi connectivity index (χ2v) is 5.56. The monoisotopic (exact) mass is 330 g/mol. The lowest BCUT2D eigenvalue weighted by atomic mass is 10.2. The van der Waals surface area contributed by atoms with Crippen LogP contribution in [-0.4, -0.2) is 34.3 Å². The predicted octanol–water partition coefficient (Wildman–Crippen LogP) is 2.03. The van der Waals surface area contributed by atoms with Crippen molar-refractivity contribution in [2.45, 2.75) is 33.2 Å². The van der Waals surface area contributed by atoms with Crippen LogP contribution in [0.2, 0.25) is 0 Å². The van der Waals surface area contributed by atoms with Gasteiger partial charge in [-0.15, -0.1) is 0 Å². The minimum atomic E-state index is -0.400. The molecule has 0 radical (unpaired) electrons. The van der Waals surface area contributed by atoms with E-state index in [9.17, 15) is 9.59 Å². The standard InChI is InChI=1S/C17H22N4O3/c1-4-24-17(23)15-10-19-21(12(15)3)14-7-5-6-13(9-14)20-16(22)8-11(2)18/h5-7,9-11H,4,8,18H2,1-3H3,(H,20,22). The summed E-state index contributed by atoms with van der Waals surface area (Å²) in [6.07, 6.45) is 1.73. The number of benzene rings is 1. The summed E-state index contributed by atoms with van der Waals surface area (Å²) in [6.45, 7) is 5.64. The van der Waals surface area contributed by atoms with Gasteiger partial charge in [-0.2, -0.15) is 5.10 Å². The number of nitrogens with zero attached hydrogens (tertiary/aromatic N) is 2. The van der Waals surface area contributed by atoms with Gasteiger partial charge in [-0.1, -0.05) is 6.07 Å². The number of carbonyl (C=O) groups is 2. The number of hydrogen-bond acceptors (Lipinski definition) is 5. The normalized spacial score (nSPS) is 11.8. The first-order valence-corrected chi connectivity index (χ1v) is 7.80. The van der Waals surface area contributed by atoms with Crippen molar-refractivity contribution in [3.8, 4) is 5.69 Å². The van der Waals surface area contributed by atoms with Crippen LogP contribution in [0.1, 0.15) is 36.3 Å². The van der Waals surface area contributed by atoms with E-state index in [1.807, 2.05) is 12.1 Å². The largest absolute Gasteiger partial charge is 0.462 e. The van der Waals surface area contributed by atoms with Gasteiger partial charge in [0.05, 0.1) is 24.2 Å². The smallest absolute Gasteiger partial charge is 0.341 e. The molecule has 1 atom stereocenters. The van der Waals surface area contributed by atoms with Crippen molar-refractivity contribution in [1.29, 1.82) is 0 Å². The molecule has 0 fully saturated rings. The number of nitrogens with one attached hydrogen (secondary N) is 1. The van der Waals surface area contributed by atoms with Crippen LogP contribution in [0.4, 0.5) is 5.69 Å². The van der Waals surface area contributed by atoms with Crippen molar-refractivity contribution in [1.82, 2.24) is 9.78 Å². The van der Waals surface area contributed by atoms with Crippen LogP contribution in [0.3, 0.4) is 0 Å². The number of ether oxygens (including phenoxy) is 1. The number of aromatic nitrogens is 2. The average molecular weight is 330 g/mol. The number of hydrogen-bond donors (Lipinski definition) is 2. The van der Waals surface area contributed by atoms with Crippen LogP contribution in [-0.2, 0) is 9.53 Å². The van der Waals surface area contributed by atoms with Crippen LogP contribution in [0, 0.1) is 6.92 Å². The highest BCUT2D eigenvalue weighted by Crippen LogP contribution is 2.18. The van der Waals surface area contributed by atoms with E-state index in [1.165, 1.54) is 6.20 Å². The first-order chi connectivity index (χ1) is 11.4. The minimum absolute atomic E-state index is 0.147. The lowest BCUT2D eigenvalue weighted by Gasteiger charge is -2.10. The summed E-state index contributed by atoms with van der Waals surface area (Å²) in [5.41, 5.74) is 8.10. The zero-order valence-corrected chi connectivity index (χ0v) is 14.1. The van der Waals surface area contributed by atoms with Crippen molar-refractivity contribution in [2.75, 3.05) is 11.9 Å². The van der Waals surface area contributed by atoms with Gasteiger partial charge < -0.3 is 15.8 Å². The Morgan fingerprint density at radius 2 is 2.17 bits per heavy atom. The molecule has 1 amide bonds. The first kappa shape index (κ1) is 17.7. The van der Waals surface area contributed by atoms with E-state index in [0.29, 0.717) is 23.6 Å². The Balaban J connectivity index is 2.23. The molecule has 0 aliphatic heterocycles. The molecular weight excluding hydrogens is 308 g/mol. The summed E-state index contributed by atoms with van der Waals surface area (Å²) in [4.78, 5) is 23.7. The molecule has 1 aromatic carbocycles. The van der Waals surface area contributed by atoms with Gasteiger partial charge in [0.25, 0.3) is 0 Å². The molecule has 1 unspecified atom stereocenters. The summed E-state index contributed by atoms with van der Waals surface area (Å²) in [5, 5.41) is 7.04. The molecule has 0 spiro atoms. The second kappa shape index (κ2) is 7.74. The molecule has 7 heteroatoms. The molecule has 2 rings (SSSR count). The summed E-state index contributed by atoms with van der Waals surface area (Å²) in [7, 11) is 0. The quantitative estimate of drug-likeness (QED) is 0.790. The molecule has 0 aliphatic rings. The van der Waals surface area contributed by atoms with E-state index >= 15 is 0 Å². The van der Waals surface area contributed by atoms with E-state index in [4.69, 9.17) is 10.5 Å². The highest BCUT2D eigenvalue weighted by molar-refractivity contribution is 5.92. The number of carbonyl (C=O) groups excluding carboxylic acids is 2. The number of rotatable bonds is 6. The third-order valence-electron chi connectivity index (χ3n) is 3.39. The molecule has 1 heterocycles. The number of amides is 1. The Bertz CT molecular complexity index is 737. The van der Waals surface area contributed by atoms with Gasteiger partial charge in [0.1, 0.15) is 5.56 Å². The second-order valence-electron chi connectivity index (χ2n) is 5.56. The maximum Gasteiger partial charge on any atom is 0.341 e. The Labute approximate surface area is 140 Å². The maximum absolute atomic E-state index is 11.9. The SMILES string of the molecule is CCOC(=O)c1cnn(-c2cccc(NC(=O)CC(C)N)c2)c1C. The Morgan fingerprint density at radius 3 is 2.83 bits per heavy atom. The van der Waals surface area contributed by atoms with Gasteiger partial charge in [-0.25, -0.2) is 9.48 Å². The maximum atomic E-state index is 11.9. The number of anilines is 1. The van der Waals surface area contributed by atoms with E-state index in [1.54, 1.807) is 37.6 Å².